The Bertz CT molecular complexity index is 545. The van der Waals surface area contributed by atoms with E-state index in [1.165, 1.54) is 31.4 Å². The van der Waals surface area contributed by atoms with Gasteiger partial charge in [-0.05, 0) is 66.1 Å². The van der Waals surface area contributed by atoms with Gasteiger partial charge in [0.2, 0.25) is 0 Å². The number of benzene rings is 1. The molecule has 1 aromatic carbocycles. The zero-order valence-corrected chi connectivity index (χ0v) is 10.7. The van der Waals surface area contributed by atoms with Crippen LogP contribution in [0.4, 0.5) is 5.69 Å². The maximum Gasteiger partial charge on any atom is 0.143 e. The molecule has 0 atom stereocenters. The molecule has 2 fully saturated rings. The number of hydrogen-bond donors (Lipinski definition) is 1. The number of hydrogen-bond acceptors (Lipinski definition) is 4. The second-order valence-electron chi connectivity index (χ2n) is 5.65. The zero-order chi connectivity index (χ0) is 12.7. The lowest BCUT2D eigenvalue weighted by Crippen LogP contribution is -2.24. The molecule has 2 aromatic rings. The number of anilines is 1. The van der Waals surface area contributed by atoms with Gasteiger partial charge in [0.05, 0.1) is 5.69 Å². The third-order valence-electron chi connectivity index (χ3n) is 4.05. The summed E-state index contributed by atoms with van der Waals surface area (Å²) >= 11 is 0. The zero-order valence-electron chi connectivity index (χ0n) is 10.7. The Hall–Kier alpha value is -1.91. The Morgan fingerprint density at radius 3 is 2.58 bits per heavy atom. The van der Waals surface area contributed by atoms with Crippen molar-refractivity contribution in [3.63, 3.8) is 0 Å². The minimum Gasteiger partial charge on any atom is -0.382 e. The molecule has 4 rings (SSSR count). The van der Waals surface area contributed by atoms with Gasteiger partial charge in [-0.2, -0.15) is 0 Å². The second-order valence-corrected chi connectivity index (χ2v) is 5.65. The minimum absolute atomic E-state index is 0.670. The van der Waals surface area contributed by atoms with Gasteiger partial charge in [-0.25, -0.2) is 4.68 Å². The second kappa shape index (κ2) is 4.33. The lowest BCUT2D eigenvalue weighted by molar-refractivity contribution is 0.568. The average Bonchev–Trinajstić information content (AvgIpc) is 3.36. The SMILES string of the molecule is c1cc(NC(C2CC2)C2CC2)cc(-n2cnnn2)c1. The number of nitrogens with zero attached hydrogens (tertiary/aromatic N) is 4. The molecule has 0 bridgehead atoms. The van der Waals surface area contributed by atoms with E-state index < -0.39 is 0 Å². The van der Waals surface area contributed by atoms with E-state index in [1.807, 2.05) is 6.07 Å². The summed E-state index contributed by atoms with van der Waals surface area (Å²) in [5.41, 5.74) is 2.18. The van der Waals surface area contributed by atoms with E-state index in [1.54, 1.807) is 11.0 Å². The van der Waals surface area contributed by atoms with Crippen LogP contribution in [0.25, 0.3) is 5.69 Å². The lowest BCUT2D eigenvalue weighted by Gasteiger charge is -2.19. The summed E-state index contributed by atoms with van der Waals surface area (Å²) in [4.78, 5) is 0. The number of tetrazole rings is 1. The average molecular weight is 255 g/mol. The van der Waals surface area contributed by atoms with Gasteiger partial charge in [0, 0.05) is 11.7 Å². The number of aromatic nitrogens is 4. The Morgan fingerprint density at radius 1 is 1.16 bits per heavy atom. The van der Waals surface area contributed by atoms with Gasteiger partial charge in [0.15, 0.2) is 0 Å². The van der Waals surface area contributed by atoms with E-state index in [0.717, 1.165) is 17.5 Å². The summed E-state index contributed by atoms with van der Waals surface area (Å²) in [6, 6.07) is 8.99. The van der Waals surface area contributed by atoms with Crippen LogP contribution in [0.2, 0.25) is 0 Å². The van der Waals surface area contributed by atoms with Crippen molar-refractivity contribution in [2.45, 2.75) is 31.7 Å². The molecule has 5 nitrogen and oxygen atoms in total. The molecular formula is C14H17N5. The highest BCUT2D eigenvalue weighted by Gasteiger charge is 2.41. The van der Waals surface area contributed by atoms with Crippen molar-refractivity contribution in [3.8, 4) is 5.69 Å². The molecule has 1 heterocycles. The summed E-state index contributed by atoms with van der Waals surface area (Å²) in [6.07, 6.45) is 7.18. The summed E-state index contributed by atoms with van der Waals surface area (Å²) < 4.78 is 1.69. The van der Waals surface area contributed by atoms with Crippen LogP contribution in [-0.4, -0.2) is 26.2 Å². The van der Waals surface area contributed by atoms with Crippen LogP contribution in [0.1, 0.15) is 25.7 Å². The third kappa shape index (κ3) is 2.32. The van der Waals surface area contributed by atoms with Crippen LogP contribution >= 0.6 is 0 Å². The molecule has 2 saturated carbocycles. The van der Waals surface area contributed by atoms with Crippen molar-refractivity contribution in [2.24, 2.45) is 11.8 Å². The fourth-order valence-electron chi connectivity index (χ4n) is 2.74. The van der Waals surface area contributed by atoms with Crippen molar-refractivity contribution in [1.82, 2.24) is 20.2 Å². The molecule has 1 N–H and O–H groups in total. The van der Waals surface area contributed by atoms with Crippen molar-refractivity contribution in [3.05, 3.63) is 30.6 Å². The molecule has 0 unspecified atom stereocenters. The van der Waals surface area contributed by atoms with Crippen molar-refractivity contribution in [1.29, 1.82) is 0 Å². The number of nitrogens with one attached hydrogen (secondary N) is 1. The highest BCUT2D eigenvalue weighted by atomic mass is 15.5. The summed E-state index contributed by atoms with van der Waals surface area (Å²) in [6.45, 7) is 0. The summed E-state index contributed by atoms with van der Waals surface area (Å²) in [7, 11) is 0. The summed E-state index contributed by atoms with van der Waals surface area (Å²) in [5, 5.41) is 15.0. The molecular weight excluding hydrogens is 238 g/mol. The Morgan fingerprint density at radius 2 is 1.95 bits per heavy atom. The Kier molecular flexibility index (Phi) is 2.50. The van der Waals surface area contributed by atoms with Gasteiger partial charge in [-0.3, -0.25) is 0 Å². The molecule has 19 heavy (non-hydrogen) atoms. The van der Waals surface area contributed by atoms with E-state index in [-0.39, 0.29) is 0 Å². The predicted molar refractivity (Wildman–Crippen MR) is 72.0 cm³/mol. The maximum absolute atomic E-state index is 3.93. The Balaban J connectivity index is 1.55. The fourth-order valence-corrected chi connectivity index (χ4v) is 2.74. The van der Waals surface area contributed by atoms with Crippen LogP contribution in [0.15, 0.2) is 30.6 Å². The molecule has 0 aliphatic heterocycles. The first-order chi connectivity index (χ1) is 9.40. The molecule has 0 saturated heterocycles. The Labute approximate surface area is 112 Å². The smallest absolute Gasteiger partial charge is 0.143 e. The molecule has 0 radical (unpaired) electrons. The van der Waals surface area contributed by atoms with Crippen LogP contribution in [0.3, 0.4) is 0 Å². The predicted octanol–water partition coefficient (Wildman–Crippen LogP) is 2.26. The third-order valence-corrected chi connectivity index (χ3v) is 4.05. The van der Waals surface area contributed by atoms with Crippen molar-refractivity contribution < 1.29 is 0 Å². The summed E-state index contributed by atoms with van der Waals surface area (Å²) in [5.74, 6) is 1.79. The van der Waals surface area contributed by atoms with Gasteiger partial charge in [0.1, 0.15) is 6.33 Å². The first-order valence-corrected chi connectivity index (χ1v) is 7.00. The fraction of sp³-hybridized carbons (Fsp3) is 0.500. The molecule has 1 aromatic heterocycles. The highest BCUT2D eigenvalue weighted by Crippen LogP contribution is 2.45. The van der Waals surface area contributed by atoms with Gasteiger partial charge >= 0.3 is 0 Å². The topological polar surface area (TPSA) is 55.6 Å². The molecule has 5 heteroatoms. The molecule has 2 aliphatic carbocycles. The van der Waals surface area contributed by atoms with Gasteiger partial charge < -0.3 is 5.32 Å². The van der Waals surface area contributed by atoms with Crippen LogP contribution in [-0.2, 0) is 0 Å². The van der Waals surface area contributed by atoms with E-state index >= 15 is 0 Å². The number of rotatable bonds is 5. The first-order valence-electron chi connectivity index (χ1n) is 7.00. The van der Waals surface area contributed by atoms with Gasteiger partial charge in [-0.15, -0.1) is 5.10 Å². The minimum atomic E-state index is 0.670. The van der Waals surface area contributed by atoms with Crippen LogP contribution in [0.5, 0.6) is 0 Å². The van der Waals surface area contributed by atoms with E-state index in [4.69, 9.17) is 0 Å². The van der Waals surface area contributed by atoms with E-state index in [0.29, 0.717) is 6.04 Å². The first kappa shape index (κ1) is 11.0. The van der Waals surface area contributed by atoms with Gasteiger partial charge in [-0.1, -0.05) is 6.07 Å². The van der Waals surface area contributed by atoms with Crippen LogP contribution in [0, 0.1) is 11.8 Å². The molecule has 0 spiro atoms. The van der Waals surface area contributed by atoms with E-state index in [9.17, 15) is 0 Å². The largest absolute Gasteiger partial charge is 0.382 e. The van der Waals surface area contributed by atoms with E-state index in [2.05, 4.69) is 39.0 Å². The lowest BCUT2D eigenvalue weighted by atomic mass is 10.1. The normalized spacial score (nSPS) is 18.8. The molecule has 0 amide bonds. The molecule has 2 aliphatic rings. The van der Waals surface area contributed by atoms with Gasteiger partial charge in [0.25, 0.3) is 0 Å². The monoisotopic (exact) mass is 255 g/mol. The van der Waals surface area contributed by atoms with Crippen molar-refractivity contribution in [2.75, 3.05) is 5.32 Å². The highest BCUT2D eigenvalue weighted by molar-refractivity contribution is 5.51. The van der Waals surface area contributed by atoms with Crippen LogP contribution < -0.4 is 5.32 Å². The maximum atomic E-state index is 3.93. The molecule has 98 valence electrons. The standard InChI is InChI=1S/C14H17N5/c1-2-12(8-13(3-1)19-9-15-17-18-19)16-14(10-4-5-10)11-6-7-11/h1-3,8-11,14,16H,4-7H2. The quantitative estimate of drug-likeness (QED) is 0.890. The van der Waals surface area contributed by atoms with Crippen molar-refractivity contribution >= 4 is 5.69 Å².